The van der Waals surface area contributed by atoms with Crippen LogP contribution in [0.2, 0.25) is 0 Å². The van der Waals surface area contributed by atoms with Crippen molar-refractivity contribution in [2.75, 3.05) is 27.2 Å². The van der Waals surface area contributed by atoms with Gasteiger partial charge in [-0.15, -0.1) is 24.0 Å². The van der Waals surface area contributed by atoms with Crippen molar-refractivity contribution in [3.8, 4) is 0 Å². The van der Waals surface area contributed by atoms with Crippen molar-refractivity contribution in [3.05, 3.63) is 70.8 Å². The number of guanidine groups is 1. The zero-order valence-electron chi connectivity index (χ0n) is 16.9. The highest BCUT2D eigenvalue weighted by atomic mass is 127. The number of nitrogens with zero attached hydrogens (tertiary/aromatic N) is 1. The molecule has 0 saturated heterocycles. The molecule has 0 fully saturated rings. The summed E-state index contributed by atoms with van der Waals surface area (Å²) in [6, 6.07) is 16.5. The molecule has 2 aromatic rings. The molecule has 1 amide bonds. The highest BCUT2D eigenvalue weighted by Gasteiger charge is 2.04. The quantitative estimate of drug-likeness (QED) is 0.300. The van der Waals surface area contributed by atoms with Crippen LogP contribution in [0.4, 0.5) is 0 Å². The fourth-order valence-corrected chi connectivity index (χ4v) is 2.83. The van der Waals surface area contributed by atoms with Gasteiger partial charge in [0.05, 0.1) is 0 Å². The van der Waals surface area contributed by atoms with Crippen molar-refractivity contribution in [2.24, 2.45) is 4.99 Å². The molecular formula is C22H31IN4O. The molecule has 0 radical (unpaired) electrons. The molecule has 0 aliphatic carbocycles. The van der Waals surface area contributed by atoms with E-state index in [1.54, 1.807) is 14.1 Å². The van der Waals surface area contributed by atoms with Crippen molar-refractivity contribution in [3.63, 3.8) is 0 Å². The van der Waals surface area contributed by atoms with Gasteiger partial charge >= 0.3 is 0 Å². The first-order valence-corrected chi connectivity index (χ1v) is 9.49. The first-order valence-electron chi connectivity index (χ1n) is 9.49. The van der Waals surface area contributed by atoms with Crippen molar-refractivity contribution in [1.29, 1.82) is 0 Å². The van der Waals surface area contributed by atoms with Crippen LogP contribution in [0.3, 0.4) is 0 Å². The maximum Gasteiger partial charge on any atom is 0.251 e. The smallest absolute Gasteiger partial charge is 0.251 e. The van der Waals surface area contributed by atoms with E-state index in [4.69, 9.17) is 0 Å². The maximum atomic E-state index is 11.7. The van der Waals surface area contributed by atoms with Crippen molar-refractivity contribution in [1.82, 2.24) is 16.0 Å². The van der Waals surface area contributed by atoms with Gasteiger partial charge in [0, 0.05) is 32.7 Å². The molecule has 0 bridgehead atoms. The zero-order chi connectivity index (χ0) is 19.5. The van der Waals surface area contributed by atoms with Gasteiger partial charge in [0.15, 0.2) is 5.96 Å². The Kier molecular flexibility index (Phi) is 11.2. The van der Waals surface area contributed by atoms with Crippen LogP contribution in [0, 0.1) is 0 Å². The highest BCUT2D eigenvalue weighted by Crippen LogP contribution is 2.06. The molecule has 0 aromatic heterocycles. The molecule has 2 rings (SSSR count). The van der Waals surface area contributed by atoms with Gasteiger partial charge in [-0.05, 0) is 48.1 Å². The summed E-state index contributed by atoms with van der Waals surface area (Å²) in [6.07, 6.45) is 2.85. The molecule has 0 aliphatic heterocycles. The van der Waals surface area contributed by atoms with Crippen LogP contribution in [0.5, 0.6) is 0 Å². The minimum Gasteiger partial charge on any atom is -0.356 e. The number of hydrogen-bond donors (Lipinski definition) is 3. The van der Waals surface area contributed by atoms with Gasteiger partial charge in [0.25, 0.3) is 5.91 Å². The minimum atomic E-state index is -0.0609. The lowest BCUT2D eigenvalue weighted by Gasteiger charge is -2.12. The van der Waals surface area contributed by atoms with Crippen LogP contribution in [0.1, 0.15) is 34.0 Å². The van der Waals surface area contributed by atoms with E-state index >= 15 is 0 Å². The third-order valence-corrected chi connectivity index (χ3v) is 4.48. The molecule has 0 spiro atoms. The first-order chi connectivity index (χ1) is 13.2. The second-order valence-corrected chi connectivity index (χ2v) is 6.38. The second kappa shape index (κ2) is 13.1. The molecule has 0 saturated carbocycles. The highest BCUT2D eigenvalue weighted by molar-refractivity contribution is 14.0. The summed E-state index contributed by atoms with van der Waals surface area (Å²) in [7, 11) is 3.42. The van der Waals surface area contributed by atoms with Gasteiger partial charge < -0.3 is 16.0 Å². The third kappa shape index (κ3) is 7.88. The van der Waals surface area contributed by atoms with Crippen LogP contribution < -0.4 is 16.0 Å². The molecule has 152 valence electrons. The van der Waals surface area contributed by atoms with E-state index < -0.39 is 0 Å². The first kappa shape index (κ1) is 23.9. The van der Waals surface area contributed by atoms with E-state index in [1.165, 1.54) is 11.1 Å². The number of hydrogen-bond acceptors (Lipinski definition) is 2. The molecule has 0 aliphatic rings. The number of rotatable bonds is 8. The van der Waals surface area contributed by atoms with Crippen LogP contribution in [-0.2, 0) is 19.3 Å². The van der Waals surface area contributed by atoms with E-state index in [1.807, 2.05) is 24.3 Å². The molecule has 6 heteroatoms. The van der Waals surface area contributed by atoms with Crippen LogP contribution in [0.25, 0.3) is 0 Å². The number of carbonyl (C=O) groups excluding carboxylic acids is 1. The molecule has 0 unspecified atom stereocenters. The summed E-state index contributed by atoms with van der Waals surface area (Å²) in [4.78, 5) is 16.0. The Balaban J connectivity index is 0.00000392. The Labute approximate surface area is 185 Å². The summed E-state index contributed by atoms with van der Waals surface area (Å²) < 4.78 is 0. The molecule has 0 atom stereocenters. The van der Waals surface area contributed by atoms with Crippen molar-refractivity contribution in [2.45, 2.75) is 26.2 Å². The van der Waals surface area contributed by atoms with Gasteiger partial charge in [-0.1, -0.05) is 43.3 Å². The van der Waals surface area contributed by atoms with Gasteiger partial charge in [-0.2, -0.15) is 0 Å². The summed E-state index contributed by atoms with van der Waals surface area (Å²) in [5, 5.41) is 9.32. The van der Waals surface area contributed by atoms with Gasteiger partial charge in [0.1, 0.15) is 0 Å². The fraction of sp³-hybridized carbons (Fsp3) is 0.364. The zero-order valence-corrected chi connectivity index (χ0v) is 19.2. The molecule has 5 nitrogen and oxygen atoms in total. The number of carbonyl (C=O) groups is 1. The molecule has 2 aromatic carbocycles. The lowest BCUT2D eigenvalue weighted by molar-refractivity contribution is 0.0963. The van der Waals surface area contributed by atoms with Gasteiger partial charge in [0.2, 0.25) is 0 Å². The van der Waals surface area contributed by atoms with Crippen LogP contribution >= 0.6 is 24.0 Å². The predicted octanol–water partition coefficient (Wildman–Crippen LogP) is 3.18. The maximum absolute atomic E-state index is 11.7. The monoisotopic (exact) mass is 494 g/mol. The number of aliphatic imine (C=N–C) groups is 1. The minimum absolute atomic E-state index is 0. The number of halogens is 1. The number of aryl methyl sites for hydroxylation is 1. The topological polar surface area (TPSA) is 65.5 Å². The molecule has 0 heterocycles. The normalized spacial score (nSPS) is 10.8. The Morgan fingerprint density at radius 3 is 2.11 bits per heavy atom. The summed E-state index contributed by atoms with van der Waals surface area (Å²) in [6.45, 7) is 3.75. The van der Waals surface area contributed by atoms with Gasteiger partial charge in [-0.3, -0.25) is 9.79 Å². The van der Waals surface area contributed by atoms with E-state index in [9.17, 15) is 4.79 Å². The Morgan fingerprint density at radius 2 is 1.54 bits per heavy atom. The predicted molar refractivity (Wildman–Crippen MR) is 128 cm³/mol. The van der Waals surface area contributed by atoms with Crippen LogP contribution in [0.15, 0.2) is 53.5 Å². The van der Waals surface area contributed by atoms with Crippen molar-refractivity contribution >= 4 is 35.8 Å². The number of nitrogens with one attached hydrogen (secondary N) is 3. The lowest BCUT2D eigenvalue weighted by Crippen LogP contribution is -2.39. The summed E-state index contributed by atoms with van der Waals surface area (Å²) >= 11 is 0. The summed E-state index contributed by atoms with van der Waals surface area (Å²) in [5.41, 5.74) is 4.49. The second-order valence-electron chi connectivity index (χ2n) is 6.38. The number of benzene rings is 2. The summed E-state index contributed by atoms with van der Waals surface area (Å²) in [5.74, 6) is 0.733. The average Bonchev–Trinajstić information content (AvgIpc) is 2.72. The average molecular weight is 494 g/mol. The SMILES string of the molecule is CCc1ccc(CCNC(=NC)NCCc2cccc(C(=O)NC)c2)cc1.I. The van der Waals surface area contributed by atoms with E-state index in [0.29, 0.717) is 5.56 Å². The Morgan fingerprint density at radius 1 is 0.929 bits per heavy atom. The Hall–Kier alpha value is -2.09. The standard InChI is InChI=1S/C22H30N4O.HI/c1-4-17-8-10-18(11-9-17)12-14-25-22(24-3)26-15-13-19-6-5-7-20(16-19)21(27)23-2;/h5-11,16H,4,12-15H2,1-3H3,(H,23,27)(H2,24,25,26);1H. The van der Waals surface area contributed by atoms with Gasteiger partial charge in [-0.25, -0.2) is 0 Å². The lowest BCUT2D eigenvalue weighted by atomic mass is 10.1. The Bertz CT molecular complexity index is 759. The van der Waals surface area contributed by atoms with E-state index in [-0.39, 0.29) is 29.9 Å². The fourth-order valence-electron chi connectivity index (χ4n) is 2.83. The number of amides is 1. The largest absolute Gasteiger partial charge is 0.356 e. The van der Waals surface area contributed by atoms with E-state index in [2.05, 4.69) is 52.1 Å². The van der Waals surface area contributed by atoms with Crippen LogP contribution in [-0.4, -0.2) is 39.1 Å². The molecule has 28 heavy (non-hydrogen) atoms. The van der Waals surface area contributed by atoms with Crippen molar-refractivity contribution < 1.29 is 4.79 Å². The molecule has 3 N–H and O–H groups in total. The molecular weight excluding hydrogens is 463 g/mol. The van der Waals surface area contributed by atoms with E-state index in [0.717, 1.165) is 43.9 Å². The third-order valence-electron chi connectivity index (χ3n) is 4.48.